The Morgan fingerprint density at radius 1 is 1.16 bits per heavy atom. The van der Waals surface area contributed by atoms with Crippen LogP contribution in [0.2, 0.25) is 0 Å². The average Bonchev–Trinajstić information content (AvgIpc) is 2.67. The van der Waals surface area contributed by atoms with Crippen LogP contribution in [-0.4, -0.2) is 31.8 Å². The van der Waals surface area contributed by atoms with Gasteiger partial charge in [0.05, 0.1) is 13.7 Å². The second-order valence-electron chi connectivity index (χ2n) is 6.09. The molecule has 0 saturated carbocycles. The first-order chi connectivity index (χ1) is 12.2. The highest BCUT2D eigenvalue weighted by Crippen LogP contribution is 2.29. The summed E-state index contributed by atoms with van der Waals surface area (Å²) < 4.78 is 25.2. The first-order valence-corrected chi connectivity index (χ1v) is 8.29. The lowest BCUT2D eigenvalue weighted by Crippen LogP contribution is -2.39. The number of ether oxygens (including phenoxy) is 2. The number of aromatic nitrogens is 1. The fraction of sp³-hybridized carbons (Fsp3) is 0.250. The molecule has 1 fully saturated rings. The van der Waals surface area contributed by atoms with Gasteiger partial charge in [0.1, 0.15) is 11.9 Å². The molecular formula is C20H19FN2O2. The molecule has 1 saturated heterocycles. The smallest absolute Gasteiger partial charge is 0.165 e. The van der Waals surface area contributed by atoms with Gasteiger partial charge in [-0.1, -0.05) is 18.2 Å². The summed E-state index contributed by atoms with van der Waals surface area (Å²) in [6.45, 7) is 1.76. The van der Waals surface area contributed by atoms with E-state index >= 15 is 0 Å². The predicted molar refractivity (Wildman–Crippen MR) is 95.6 cm³/mol. The number of halogens is 1. The van der Waals surface area contributed by atoms with Crippen LogP contribution in [0.5, 0.6) is 5.75 Å². The van der Waals surface area contributed by atoms with Crippen molar-refractivity contribution in [3.63, 3.8) is 0 Å². The van der Waals surface area contributed by atoms with E-state index in [4.69, 9.17) is 9.47 Å². The van der Waals surface area contributed by atoms with E-state index < -0.39 is 0 Å². The van der Waals surface area contributed by atoms with Crippen molar-refractivity contribution < 1.29 is 13.9 Å². The van der Waals surface area contributed by atoms with Crippen molar-refractivity contribution in [1.82, 2.24) is 4.98 Å². The second-order valence-corrected chi connectivity index (χ2v) is 6.09. The Hall–Kier alpha value is -2.66. The van der Waals surface area contributed by atoms with E-state index in [0.717, 1.165) is 22.1 Å². The zero-order chi connectivity index (χ0) is 17.2. The maximum absolute atomic E-state index is 14.0. The number of hydrogen-bond acceptors (Lipinski definition) is 4. The number of fused-ring (bicyclic) bond motifs is 1. The molecule has 128 valence electrons. The van der Waals surface area contributed by atoms with Crippen molar-refractivity contribution in [2.75, 3.05) is 31.7 Å². The first kappa shape index (κ1) is 15.8. The number of hydrogen-bond donors (Lipinski definition) is 0. The molecule has 1 aliphatic heterocycles. The normalized spacial score (nSPS) is 17.7. The van der Waals surface area contributed by atoms with E-state index in [0.29, 0.717) is 25.5 Å². The van der Waals surface area contributed by atoms with Crippen molar-refractivity contribution in [2.45, 2.75) is 6.10 Å². The molecule has 0 bridgehead atoms. The Kier molecular flexibility index (Phi) is 4.24. The van der Waals surface area contributed by atoms with Gasteiger partial charge in [-0.05, 0) is 46.7 Å². The van der Waals surface area contributed by atoms with Crippen molar-refractivity contribution in [3.05, 3.63) is 66.1 Å². The Morgan fingerprint density at radius 3 is 2.84 bits per heavy atom. The van der Waals surface area contributed by atoms with Crippen molar-refractivity contribution in [3.8, 4) is 5.75 Å². The number of morpholine rings is 1. The fourth-order valence-corrected chi connectivity index (χ4v) is 3.22. The van der Waals surface area contributed by atoms with Gasteiger partial charge in [-0.3, -0.25) is 0 Å². The number of benzene rings is 2. The molecule has 5 heteroatoms. The van der Waals surface area contributed by atoms with E-state index in [1.807, 2.05) is 23.1 Å². The summed E-state index contributed by atoms with van der Waals surface area (Å²) in [5.74, 6) is 0.932. The Bertz CT molecular complexity index is 900. The van der Waals surface area contributed by atoms with Crippen LogP contribution in [0.25, 0.3) is 10.8 Å². The largest absolute Gasteiger partial charge is 0.497 e. The van der Waals surface area contributed by atoms with Gasteiger partial charge in [-0.15, -0.1) is 0 Å². The topological polar surface area (TPSA) is 34.6 Å². The van der Waals surface area contributed by atoms with Crippen LogP contribution in [0.4, 0.5) is 10.2 Å². The lowest BCUT2D eigenvalue weighted by atomic mass is 10.0. The van der Waals surface area contributed by atoms with Gasteiger partial charge in [-0.25, -0.2) is 9.37 Å². The standard InChI is InChI=1S/C20H19FN2O2/c1-24-17-7-6-14-11-16(5-4-15(14)12-17)19-13-23(9-10-25-19)20-18(21)3-2-8-22-20/h2-8,11-12,19H,9-10,13H2,1H3/t19-/m0/s1. The molecule has 0 N–H and O–H groups in total. The Balaban J connectivity index is 1.61. The van der Waals surface area contributed by atoms with E-state index in [2.05, 4.69) is 23.2 Å². The van der Waals surface area contributed by atoms with Gasteiger partial charge >= 0.3 is 0 Å². The molecule has 4 rings (SSSR count). The maximum Gasteiger partial charge on any atom is 0.165 e. The summed E-state index contributed by atoms with van der Waals surface area (Å²) >= 11 is 0. The molecule has 4 nitrogen and oxygen atoms in total. The van der Waals surface area contributed by atoms with E-state index in [1.54, 1.807) is 19.4 Å². The van der Waals surface area contributed by atoms with Crippen LogP contribution < -0.4 is 9.64 Å². The molecule has 1 aromatic heterocycles. The van der Waals surface area contributed by atoms with Crippen LogP contribution in [0, 0.1) is 5.82 Å². The Morgan fingerprint density at radius 2 is 2.00 bits per heavy atom. The Labute approximate surface area is 145 Å². The molecule has 0 amide bonds. The van der Waals surface area contributed by atoms with Gasteiger partial charge < -0.3 is 14.4 Å². The minimum atomic E-state index is -0.297. The summed E-state index contributed by atoms with van der Waals surface area (Å²) in [4.78, 5) is 6.13. The lowest BCUT2D eigenvalue weighted by Gasteiger charge is -2.34. The maximum atomic E-state index is 14.0. The van der Waals surface area contributed by atoms with Crippen LogP contribution in [0.15, 0.2) is 54.7 Å². The molecular weight excluding hydrogens is 319 g/mol. The fourth-order valence-electron chi connectivity index (χ4n) is 3.22. The molecule has 0 radical (unpaired) electrons. The van der Waals surface area contributed by atoms with Crippen LogP contribution >= 0.6 is 0 Å². The second kappa shape index (κ2) is 6.69. The number of anilines is 1. The number of rotatable bonds is 3. The van der Waals surface area contributed by atoms with Crippen LogP contribution in [0.1, 0.15) is 11.7 Å². The SMILES string of the molecule is COc1ccc2cc([C@@H]3CN(c4ncccc4F)CCO3)ccc2c1. The van der Waals surface area contributed by atoms with Gasteiger partial charge in [0, 0.05) is 19.3 Å². The molecule has 25 heavy (non-hydrogen) atoms. The third-order valence-electron chi connectivity index (χ3n) is 4.55. The van der Waals surface area contributed by atoms with Gasteiger partial charge in [0.2, 0.25) is 0 Å². The average molecular weight is 338 g/mol. The molecule has 1 aliphatic rings. The summed E-state index contributed by atoms with van der Waals surface area (Å²) in [5, 5.41) is 2.24. The number of methoxy groups -OCH3 is 1. The van der Waals surface area contributed by atoms with Gasteiger partial charge in [0.15, 0.2) is 11.6 Å². The summed E-state index contributed by atoms with van der Waals surface area (Å²) in [5.41, 5.74) is 1.08. The van der Waals surface area contributed by atoms with Crippen molar-refractivity contribution >= 4 is 16.6 Å². The molecule has 2 aromatic carbocycles. The van der Waals surface area contributed by atoms with Gasteiger partial charge in [0.25, 0.3) is 0 Å². The van der Waals surface area contributed by atoms with Crippen LogP contribution in [0.3, 0.4) is 0 Å². The first-order valence-electron chi connectivity index (χ1n) is 8.29. The summed E-state index contributed by atoms with van der Waals surface area (Å²) in [6, 6.07) is 15.3. The third-order valence-corrected chi connectivity index (χ3v) is 4.55. The quantitative estimate of drug-likeness (QED) is 0.724. The van der Waals surface area contributed by atoms with E-state index in [1.165, 1.54) is 6.07 Å². The summed E-state index contributed by atoms with van der Waals surface area (Å²) in [7, 11) is 1.66. The number of pyridine rings is 1. The molecule has 3 aromatic rings. The highest BCUT2D eigenvalue weighted by atomic mass is 19.1. The van der Waals surface area contributed by atoms with E-state index in [9.17, 15) is 4.39 Å². The summed E-state index contributed by atoms with van der Waals surface area (Å²) in [6.07, 6.45) is 1.51. The minimum Gasteiger partial charge on any atom is -0.497 e. The minimum absolute atomic E-state index is 0.110. The predicted octanol–water partition coefficient (Wildman–Crippen LogP) is 3.96. The monoisotopic (exact) mass is 338 g/mol. The highest BCUT2D eigenvalue weighted by molar-refractivity contribution is 5.84. The number of nitrogens with zero attached hydrogens (tertiary/aromatic N) is 2. The van der Waals surface area contributed by atoms with Crippen molar-refractivity contribution in [1.29, 1.82) is 0 Å². The molecule has 1 atom stereocenters. The van der Waals surface area contributed by atoms with Crippen molar-refractivity contribution in [2.24, 2.45) is 0 Å². The van der Waals surface area contributed by atoms with E-state index in [-0.39, 0.29) is 11.9 Å². The van der Waals surface area contributed by atoms with Crippen LogP contribution in [-0.2, 0) is 4.74 Å². The molecule has 0 unspecified atom stereocenters. The highest BCUT2D eigenvalue weighted by Gasteiger charge is 2.24. The third kappa shape index (κ3) is 3.15. The molecule has 2 heterocycles. The molecule has 0 spiro atoms. The molecule has 0 aliphatic carbocycles. The lowest BCUT2D eigenvalue weighted by molar-refractivity contribution is 0.0394. The zero-order valence-electron chi connectivity index (χ0n) is 14.0. The zero-order valence-corrected chi connectivity index (χ0v) is 14.0. The van der Waals surface area contributed by atoms with Gasteiger partial charge in [-0.2, -0.15) is 0 Å².